The largest absolute Gasteiger partial charge is 0.419 e. The first-order valence-corrected chi connectivity index (χ1v) is 19.3. The van der Waals surface area contributed by atoms with Crippen molar-refractivity contribution >= 4 is 30.9 Å². The Hall–Kier alpha value is -1.04. The van der Waals surface area contributed by atoms with Crippen LogP contribution in [-0.2, 0) is 27.4 Å². The molecule has 0 bridgehead atoms. The minimum absolute atomic E-state index is 0.0108. The maximum absolute atomic E-state index is 15.0. The van der Waals surface area contributed by atoms with E-state index in [0.29, 0.717) is 5.56 Å². The predicted octanol–water partition coefficient (Wildman–Crippen LogP) is 10.7. The molecule has 1 aromatic carbocycles. The highest BCUT2D eigenvalue weighted by atomic mass is 127. The molecular formula is C33H44F4INO2Si. The molecule has 0 N–H and O–H groups in total. The highest BCUT2D eigenvalue weighted by Crippen LogP contribution is 2.62. The molecule has 0 amide bonds. The fourth-order valence-corrected chi connectivity index (χ4v) is 9.40. The second-order valence-corrected chi connectivity index (χ2v) is 21.5. The molecule has 3 unspecified atom stereocenters. The van der Waals surface area contributed by atoms with E-state index in [4.69, 9.17) is 14.1 Å². The summed E-state index contributed by atoms with van der Waals surface area (Å²) in [5.41, 5.74) is 3.59. The molecule has 3 aliphatic rings. The Kier molecular flexibility index (Phi) is 8.10. The second kappa shape index (κ2) is 10.5. The Morgan fingerprint density at radius 2 is 1.79 bits per heavy atom. The lowest BCUT2D eigenvalue weighted by Crippen LogP contribution is -2.44. The number of hydrogen-bond donors (Lipinski definition) is 0. The van der Waals surface area contributed by atoms with Gasteiger partial charge in [-0.05, 0) is 79.3 Å². The number of rotatable bonds is 4. The number of alkyl halides is 4. The maximum Gasteiger partial charge on any atom is 0.419 e. The summed E-state index contributed by atoms with van der Waals surface area (Å²) < 4.78 is 69.9. The van der Waals surface area contributed by atoms with E-state index in [1.165, 1.54) is 6.07 Å². The molecule has 2 aliphatic carbocycles. The lowest BCUT2D eigenvalue weighted by Gasteiger charge is -2.45. The van der Waals surface area contributed by atoms with Gasteiger partial charge in [0, 0.05) is 32.0 Å². The van der Waals surface area contributed by atoms with E-state index in [1.54, 1.807) is 0 Å². The molecule has 42 heavy (non-hydrogen) atoms. The first-order valence-electron chi connectivity index (χ1n) is 15.1. The van der Waals surface area contributed by atoms with Crippen molar-refractivity contribution < 1.29 is 26.7 Å². The van der Waals surface area contributed by atoms with Gasteiger partial charge in [0.2, 0.25) is 0 Å². The number of aromatic nitrogens is 1. The summed E-state index contributed by atoms with van der Waals surface area (Å²) in [7, 11) is -2.20. The van der Waals surface area contributed by atoms with Gasteiger partial charge in [0.05, 0.1) is 11.7 Å². The summed E-state index contributed by atoms with van der Waals surface area (Å²) >= 11 is 2.49. The van der Waals surface area contributed by atoms with Crippen molar-refractivity contribution in [2.45, 2.75) is 133 Å². The fraction of sp³-hybridized carbons (Fsp3) is 0.667. The zero-order valence-electron chi connectivity index (χ0n) is 26.2. The highest BCUT2D eigenvalue weighted by Gasteiger charge is 2.57. The Morgan fingerprint density at radius 1 is 1.12 bits per heavy atom. The SMILES string of the molecule is CC(C)c1nc2c(c3c1[C@@H](c1ccc(C(F)(F)F)c(F)c1)OC31CCCC1I)C(O[Si](C)(C)C(C)(C)C)CC(C)(C)C2. The van der Waals surface area contributed by atoms with E-state index in [-0.39, 0.29) is 26.4 Å². The molecule has 4 atom stereocenters. The van der Waals surface area contributed by atoms with Gasteiger partial charge in [0.1, 0.15) is 17.5 Å². The van der Waals surface area contributed by atoms with Crippen LogP contribution >= 0.6 is 22.6 Å². The summed E-state index contributed by atoms with van der Waals surface area (Å²) in [5.74, 6) is -1.23. The van der Waals surface area contributed by atoms with Crippen molar-refractivity contribution in [1.29, 1.82) is 0 Å². The van der Waals surface area contributed by atoms with Gasteiger partial charge >= 0.3 is 6.18 Å². The molecule has 2 heterocycles. The van der Waals surface area contributed by atoms with Crippen LogP contribution in [0.4, 0.5) is 17.6 Å². The third-order valence-corrected chi connectivity index (χ3v) is 16.1. The fourth-order valence-electron chi connectivity index (χ4n) is 6.92. The van der Waals surface area contributed by atoms with Crippen LogP contribution in [0, 0.1) is 11.2 Å². The average Bonchev–Trinajstić information content (AvgIpc) is 3.36. The van der Waals surface area contributed by atoms with Gasteiger partial charge in [0.25, 0.3) is 0 Å². The number of ether oxygens (including phenoxy) is 1. The van der Waals surface area contributed by atoms with Crippen LogP contribution in [0.15, 0.2) is 18.2 Å². The van der Waals surface area contributed by atoms with Crippen molar-refractivity contribution in [2.24, 2.45) is 5.41 Å². The van der Waals surface area contributed by atoms with Gasteiger partial charge in [-0.3, -0.25) is 4.98 Å². The van der Waals surface area contributed by atoms with Gasteiger partial charge in [-0.15, -0.1) is 0 Å². The van der Waals surface area contributed by atoms with Gasteiger partial charge in [-0.25, -0.2) is 4.39 Å². The van der Waals surface area contributed by atoms with Crippen molar-refractivity contribution in [1.82, 2.24) is 4.98 Å². The minimum Gasteiger partial charge on any atom is -0.410 e. The number of benzene rings is 1. The Bertz CT molecular complexity index is 1380. The number of pyridine rings is 1. The Morgan fingerprint density at radius 3 is 2.31 bits per heavy atom. The van der Waals surface area contributed by atoms with E-state index in [1.807, 2.05) is 0 Å². The molecule has 9 heteroatoms. The third-order valence-electron chi connectivity index (χ3n) is 10.0. The second-order valence-electron chi connectivity index (χ2n) is 15.2. The quantitative estimate of drug-likeness (QED) is 0.137. The first kappa shape index (κ1) is 32.4. The van der Waals surface area contributed by atoms with E-state index in [9.17, 15) is 17.6 Å². The monoisotopic (exact) mass is 717 g/mol. The van der Waals surface area contributed by atoms with Gasteiger partial charge < -0.3 is 9.16 Å². The van der Waals surface area contributed by atoms with Crippen LogP contribution in [0.5, 0.6) is 0 Å². The standard InChI is InChI=1S/C33H44F4INO2Si/c1-18(2)28-26-27(25-22(39-28)16-31(6,7)17-23(25)41-42(8,9)30(3,4)5)32(14-10-11-24(32)38)40-29(26)19-12-13-20(21(34)15-19)33(35,36)37/h12-13,15,18,23-24,29H,10-11,14,16-17H2,1-9H3/t23?,24?,29-,32?/m1/s1. The number of nitrogens with zero attached hydrogens (tertiary/aromatic N) is 1. The third kappa shape index (κ3) is 5.40. The van der Waals surface area contributed by atoms with Crippen LogP contribution in [0.1, 0.15) is 131 Å². The molecule has 5 rings (SSSR count). The molecule has 1 aliphatic heterocycles. The number of fused-ring (bicyclic) bond motifs is 4. The molecular weight excluding hydrogens is 673 g/mol. The van der Waals surface area contributed by atoms with Crippen LogP contribution < -0.4 is 0 Å². The molecule has 0 radical (unpaired) electrons. The smallest absolute Gasteiger partial charge is 0.410 e. The van der Waals surface area contributed by atoms with Crippen molar-refractivity contribution in [2.75, 3.05) is 0 Å². The summed E-state index contributed by atoms with van der Waals surface area (Å²) in [4.78, 5) is 5.34. The molecule has 1 saturated carbocycles. The molecule has 1 aromatic heterocycles. The minimum atomic E-state index is -4.76. The van der Waals surface area contributed by atoms with E-state index in [0.717, 1.165) is 72.3 Å². The molecule has 1 fully saturated rings. The van der Waals surface area contributed by atoms with E-state index >= 15 is 0 Å². The molecule has 2 aromatic rings. The zero-order chi connectivity index (χ0) is 31.2. The molecule has 232 valence electrons. The molecule has 3 nitrogen and oxygen atoms in total. The summed E-state index contributed by atoms with van der Waals surface area (Å²) in [6, 6.07) is 3.25. The Labute approximate surface area is 262 Å². The van der Waals surface area contributed by atoms with Crippen LogP contribution in [0.2, 0.25) is 18.1 Å². The van der Waals surface area contributed by atoms with Crippen molar-refractivity contribution in [3.05, 3.63) is 63.2 Å². The first-order chi connectivity index (χ1) is 19.2. The normalized spacial score (nSPS) is 27.5. The topological polar surface area (TPSA) is 31.4 Å². The highest BCUT2D eigenvalue weighted by molar-refractivity contribution is 14.1. The summed E-state index contributed by atoms with van der Waals surface area (Å²) in [6.07, 6.45) is -1.21. The van der Waals surface area contributed by atoms with Crippen molar-refractivity contribution in [3.63, 3.8) is 0 Å². The van der Waals surface area contributed by atoms with Crippen LogP contribution in [-0.4, -0.2) is 17.2 Å². The molecule has 0 saturated heterocycles. The zero-order valence-corrected chi connectivity index (χ0v) is 29.4. The summed E-state index contributed by atoms with van der Waals surface area (Å²) in [5, 5.41) is 0.0108. The number of hydrogen-bond acceptors (Lipinski definition) is 3. The van der Waals surface area contributed by atoms with Gasteiger partial charge in [0.15, 0.2) is 8.32 Å². The van der Waals surface area contributed by atoms with Crippen LogP contribution in [0.25, 0.3) is 0 Å². The van der Waals surface area contributed by atoms with Gasteiger partial charge in [-0.1, -0.05) is 77.1 Å². The van der Waals surface area contributed by atoms with Crippen LogP contribution in [0.3, 0.4) is 0 Å². The maximum atomic E-state index is 15.0. The average molecular weight is 718 g/mol. The Balaban J connectivity index is 1.80. The number of halogens is 5. The lowest BCUT2D eigenvalue weighted by atomic mass is 9.70. The summed E-state index contributed by atoms with van der Waals surface area (Å²) in [6.45, 7) is 20.0. The molecule has 1 spiro atoms. The predicted molar refractivity (Wildman–Crippen MR) is 169 cm³/mol. The van der Waals surface area contributed by atoms with E-state index in [2.05, 4.69) is 84.2 Å². The van der Waals surface area contributed by atoms with Crippen molar-refractivity contribution in [3.8, 4) is 0 Å². The van der Waals surface area contributed by atoms with Gasteiger partial charge in [-0.2, -0.15) is 13.2 Å². The lowest BCUT2D eigenvalue weighted by molar-refractivity contribution is -0.140. The van der Waals surface area contributed by atoms with E-state index < -0.39 is 37.6 Å².